The van der Waals surface area contributed by atoms with Gasteiger partial charge in [-0.25, -0.2) is 8.42 Å². The summed E-state index contributed by atoms with van der Waals surface area (Å²) in [5.41, 5.74) is 1.32. The lowest BCUT2D eigenvalue weighted by Crippen LogP contribution is -2.49. The molecule has 0 spiro atoms. The van der Waals surface area contributed by atoms with Crippen molar-refractivity contribution in [1.82, 2.24) is 10.2 Å². The van der Waals surface area contributed by atoms with Crippen molar-refractivity contribution in [2.45, 2.75) is 58.7 Å². The van der Waals surface area contributed by atoms with Gasteiger partial charge in [-0.1, -0.05) is 19.1 Å². The molecule has 0 fully saturated rings. The molecule has 0 saturated heterocycles. The van der Waals surface area contributed by atoms with Crippen molar-refractivity contribution in [3.05, 3.63) is 54.1 Å². The zero-order chi connectivity index (χ0) is 27.6. The highest BCUT2D eigenvalue weighted by Gasteiger charge is 2.27. The summed E-state index contributed by atoms with van der Waals surface area (Å²) in [6.45, 7) is 5.94. The lowest BCUT2D eigenvalue weighted by molar-refractivity contribution is -0.140. The summed E-state index contributed by atoms with van der Waals surface area (Å²) in [5.74, 6) is 0.800. The number of carbonyl (C=O) groups excluding carboxylic acids is 2. The van der Waals surface area contributed by atoms with Gasteiger partial charge in [-0.05, 0) is 68.7 Å². The van der Waals surface area contributed by atoms with E-state index in [9.17, 15) is 18.0 Å². The van der Waals surface area contributed by atoms with Crippen LogP contribution in [0.5, 0.6) is 11.5 Å². The quantitative estimate of drug-likeness (QED) is 0.398. The normalized spacial score (nSPS) is 12.8. The molecule has 0 unspecified atom stereocenters. The summed E-state index contributed by atoms with van der Waals surface area (Å²) in [7, 11) is -0.460. The van der Waals surface area contributed by atoms with Crippen LogP contribution in [-0.4, -0.2) is 64.2 Å². The Kier molecular flexibility index (Phi) is 11.2. The van der Waals surface area contributed by atoms with Crippen molar-refractivity contribution in [1.29, 1.82) is 0 Å². The molecule has 0 radical (unpaired) electrons. The number of nitrogens with zero attached hydrogens (tertiary/aromatic N) is 2. The first-order chi connectivity index (χ1) is 17.5. The summed E-state index contributed by atoms with van der Waals surface area (Å²) in [6, 6.07) is 13.3. The topological polar surface area (TPSA) is 105 Å². The predicted molar refractivity (Wildman–Crippen MR) is 145 cm³/mol. The van der Waals surface area contributed by atoms with Crippen molar-refractivity contribution in [2.24, 2.45) is 0 Å². The van der Waals surface area contributed by atoms with E-state index in [0.717, 1.165) is 18.2 Å². The van der Waals surface area contributed by atoms with Gasteiger partial charge in [0.1, 0.15) is 17.5 Å². The molecule has 2 aromatic rings. The number of rotatable bonds is 14. The van der Waals surface area contributed by atoms with Crippen molar-refractivity contribution < 1.29 is 27.5 Å². The summed E-state index contributed by atoms with van der Waals surface area (Å²) in [6.07, 6.45) is 2.27. The predicted octanol–water partition coefficient (Wildman–Crippen LogP) is 3.58. The van der Waals surface area contributed by atoms with E-state index in [2.05, 4.69) is 5.32 Å². The van der Waals surface area contributed by atoms with Gasteiger partial charge in [-0.15, -0.1) is 0 Å². The van der Waals surface area contributed by atoms with E-state index in [-0.39, 0.29) is 43.8 Å². The van der Waals surface area contributed by atoms with Crippen LogP contribution in [0, 0.1) is 0 Å². The second-order valence-corrected chi connectivity index (χ2v) is 10.9. The van der Waals surface area contributed by atoms with E-state index in [4.69, 9.17) is 9.47 Å². The molecule has 9 nitrogen and oxygen atoms in total. The number of nitrogens with one attached hydrogen (secondary N) is 1. The largest absolute Gasteiger partial charge is 0.497 e. The molecule has 1 N–H and O–H groups in total. The summed E-state index contributed by atoms with van der Waals surface area (Å²) >= 11 is 0. The highest BCUT2D eigenvalue weighted by Crippen LogP contribution is 2.23. The number of ether oxygens (including phenoxy) is 2. The van der Waals surface area contributed by atoms with Crippen molar-refractivity contribution in [3.8, 4) is 11.5 Å². The Hall–Kier alpha value is -3.27. The Morgan fingerprint density at radius 1 is 1.00 bits per heavy atom. The van der Waals surface area contributed by atoms with Crippen LogP contribution in [0.15, 0.2) is 48.5 Å². The molecule has 0 aliphatic heterocycles. The third-order valence-electron chi connectivity index (χ3n) is 6.17. The number of hydrogen-bond acceptors (Lipinski definition) is 6. The van der Waals surface area contributed by atoms with Crippen LogP contribution in [0.1, 0.15) is 45.6 Å². The zero-order valence-corrected chi connectivity index (χ0v) is 23.4. The maximum Gasteiger partial charge on any atom is 0.242 e. The monoisotopic (exact) mass is 533 g/mol. The summed E-state index contributed by atoms with van der Waals surface area (Å²) in [5, 5.41) is 2.94. The van der Waals surface area contributed by atoms with Crippen LogP contribution in [0.4, 0.5) is 5.69 Å². The van der Waals surface area contributed by atoms with Crippen LogP contribution in [0.2, 0.25) is 0 Å². The molecule has 0 saturated carbocycles. The van der Waals surface area contributed by atoms with E-state index in [0.29, 0.717) is 17.2 Å². The standard InChI is InChI=1S/C27H39N3O6S/c1-7-20(2)28-27(32)21(3)29(19-22-10-8-11-25(18-22)36-5)26(31)12-9-17-30(37(6,33)34)23-13-15-24(35-4)16-14-23/h8,10-11,13-16,18,20-21H,7,9,12,17,19H2,1-6H3,(H,28,32)/t20-,21+/m0/s1. The Morgan fingerprint density at radius 2 is 1.65 bits per heavy atom. The first-order valence-electron chi connectivity index (χ1n) is 12.3. The molecule has 0 bridgehead atoms. The average molecular weight is 534 g/mol. The fourth-order valence-electron chi connectivity index (χ4n) is 3.77. The fraction of sp³-hybridized carbons (Fsp3) is 0.481. The van der Waals surface area contributed by atoms with Gasteiger partial charge in [0.05, 0.1) is 26.2 Å². The highest BCUT2D eigenvalue weighted by molar-refractivity contribution is 7.92. The third-order valence-corrected chi connectivity index (χ3v) is 7.36. The Balaban J connectivity index is 2.19. The molecule has 204 valence electrons. The smallest absolute Gasteiger partial charge is 0.242 e. The molecule has 2 rings (SSSR count). The minimum atomic E-state index is -3.57. The molecule has 2 atom stereocenters. The highest BCUT2D eigenvalue weighted by atomic mass is 32.2. The molecule has 0 aliphatic rings. The van der Waals surface area contributed by atoms with Crippen LogP contribution in [0.25, 0.3) is 0 Å². The van der Waals surface area contributed by atoms with Crippen molar-refractivity contribution in [3.63, 3.8) is 0 Å². The molecule has 2 amide bonds. The molecular formula is C27H39N3O6S. The Bertz CT molecular complexity index is 1140. The lowest BCUT2D eigenvalue weighted by atomic mass is 10.1. The number of sulfonamides is 1. The van der Waals surface area contributed by atoms with E-state index >= 15 is 0 Å². The lowest BCUT2D eigenvalue weighted by Gasteiger charge is -2.30. The number of anilines is 1. The summed E-state index contributed by atoms with van der Waals surface area (Å²) in [4.78, 5) is 27.8. The number of hydrogen-bond donors (Lipinski definition) is 1. The Morgan fingerprint density at radius 3 is 2.22 bits per heavy atom. The maximum atomic E-state index is 13.4. The number of amides is 2. The van der Waals surface area contributed by atoms with Crippen LogP contribution < -0.4 is 19.1 Å². The van der Waals surface area contributed by atoms with Crippen molar-refractivity contribution in [2.75, 3.05) is 31.3 Å². The fourth-order valence-corrected chi connectivity index (χ4v) is 4.73. The number of carbonyl (C=O) groups is 2. The van der Waals surface area contributed by atoms with Crippen molar-refractivity contribution >= 4 is 27.5 Å². The molecule has 2 aromatic carbocycles. The Labute approximate surface area is 220 Å². The van der Waals surface area contributed by atoms with E-state index in [1.807, 2.05) is 38.1 Å². The number of methoxy groups -OCH3 is 2. The minimum absolute atomic E-state index is 0.0171. The summed E-state index contributed by atoms with van der Waals surface area (Å²) < 4.78 is 36.6. The van der Waals surface area contributed by atoms with Crippen LogP contribution in [-0.2, 0) is 26.2 Å². The van der Waals surface area contributed by atoms with Gasteiger partial charge in [0, 0.05) is 25.6 Å². The molecule has 10 heteroatoms. The zero-order valence-electron chi connectivity index (χ0n) is 22.6. The second kappa shape index (κ2) is 13.9. The second-order valence-electron chi connectivity index (χ2n) is 9.00. The average Bonchev–Trinajstić information content (AvgIpc) is 2.88. The molecule has 0 aliphatic carbocycles. The first kappa shape index (κ1) is 30.0. The van der Waals surface area contributed by atoms with Gasteiger partial charge in [0.2, 0.25) is 21.8 Å². The molecular weight excluding hydrogens is 494 g/mol. The van der Waals surface area contributed by atoms with Crippen LogP contribution in [0.3, 0.4) is 0 Å². The molecule has 0 heterocycles. The molecule has 37 heavy (non-hydrogen) atoms. The minimum Gasteiger partial charge on any atom is -0.497 e. The maximum absolute atomic E-state index is 13.4. The van der Waals surface area contributed by atoms with E-state index < -0.39 is 16.1 Å². The van der Waals surface area contributed by atoms with Gasteiger partial charge < -0.3 is 19.7 Å². The van der Waals surface area contributed by atoms with Gasteiger partial charge in [-0.3, -0.25) is 13.9 Å². The van der Waals surface area contributed by atoms with Gasteiger partial charge in [0.25, 0.3) is 0 Å². The van der Waals surface area contributed by atoms with E-state index in [1.165, 1.54) is 16.3 Å². The van der Waals surface area contributed by atoms with Gasteiger partial charge in [0.15, 0.2) is 0 Å². The molecule has 0 aromatic heterocycles. The third kappa shape index (κ3) is 8.96. The van der Waals surface area contributed by atoms with Gasteiger partial charge in [-0.2, -0.15) is 0 Å². The number of benzene rings is 2. The van der Waals surface area contributed by atoms with E-state index in [1.54, 1.807) is 38.3 Å². The first-order valence-corrected chi connectivity index (χ1v) is 14.2. The SMILES string of the molecule is CC[C@H](C)NC(=O)[C@@H](C)N(Cc1cccc(OC)c1)C(=O)CCCN(c1ccc(OC)cc1)S(C)(=O)=O. The van der Waals surface area contributed by atoms with Gasteiger partial charge >= 0.3 is 0 Å². The van der Waals surface area contributed by atoms with Crippen LogP contribution >= 0.6 is 0 Å².